The van der Waals surface area contributed by atoms with Gasteiger partial charge in [-0.05, 0) is 37.0 Å². The minimum atomic E-state index is -0.581. The van der Waals surface area contributed by atoms with Gasteiger partial charge >= 0.3 is 5.69 Å². The number of nitrogens with two attached hydrogens (primary N) is 1. The summed E-state index contributed by atoms with van der Waals surface area (Å²) in [7, 11) is 1.66. The van der Waals surface area contributed by atoms with Crippen LogP contribution < -0.4 is 15.8 Å². The van der Waals surface area contributed by atoms with Crippen LogP contribution in [-0.2, 0) is 0 Å². The van der Waals surface area contributed by atoms with Crippen LogP contribution >= 0.6 is 0 Å². The van der Waals surface area contributed by atoms with E-state index in [1.165, 1.54) is 18.4 Å². The van der Waals surface area contributed by atoms with Crippen LogP contribution in [-0.4, -0.2) is 45.5 Å². The number of nitro groups is 1. The molecule has 2 fully saturated rings. The van der Waals surface area contributed by atoms with E-state index in [1.54, 1.807) is 7.11 Å². The monoisotopic (exact) mass is 370 g/mol. The Kier molecular flexibility index (Phi) is 4.53. The van der Waals surface area contributed by atoms with Crippen molar-refractivity contribution in [2.24, 2.45) is 0 Å². The highest BCUT2D eigenvalue weighted by Gasteiger charge is 2.43. The van der Waals surface area contributed by atoms with Gasteiger partial charge in [0.05, 0.1) is 18.1 Å². The van der Waals surface area contributed by atoms with Gasteiger partial charge in [0.2, 0.25) is 11.8 Å². The molecule has 9 nitrogen and oxygen atoms in total. The Morgan fingerprint density at radius 2 is 2.19 bits per heavy atom. The molecule has 0 amide bonds. The summed E-state index contributed by atoms with van der Waals surface area (Å²) in [5.41, 5.74) is 6.60. The predicted molar refractivity (Wildman–Crippen MR) is 101 cm³/mol. The second kappa shape index (κ2) is 6.99. The largest absolute Gasteiger partial charge is 0.497 e. The van der Waals surface area contributed by atoms with Crippen LogP contribution in [0.2, 0.25) is 0 Å². The molecular weight excluding hydrogens is 348 g/mol. The summed E-state index contributed by atoms with van der Waals surface area (Å²) in [4.78, 5) is 21.0. The van der Waals surface area contributed by atoms with Crippen molar-refractivity contribution in [1.82, 2.24) is 14.9 Å². The van der Waals surface area contributed by atoms with E-state index in [0.717, 1.165) is 24.9 Å². The maximum Gasteiger partial charge on any atom is 0.329 e. The van der Waals surface area contributed by atoms with Crippen LogP contribution in [0.15, 0.2) is 30.5 Å². The van der Waals surface area contributed by atoms with Gasteiger partial charge in [0.15, 0.2) is 0 Å². The summed E-state index contributed by atoms with van der Waals surface area (Å²) >= 11 is 0. The van der Waals surface area contributed by atoms with Gasteiger partial charge in [0.25, 0.3) is 0 Å². The number of nitrogen functional groups attached to an aromatic ring is 1. The summed E-state index contributed by atoms with van der Waals surface area (Å²) in [6, 6.07) is 8.94. The van der Waals surface area contributed by atoms with E-state index < -0.39 is 4.92 Å². The molecule has 2 aliphatic rings. The average Bonchev–Trinajstić information content (AvgIpc) is 3.42. The van der Waals surface area contributed by atoms with Crippen molar-refractivity contribution in [2.75, 3.05) is 24.7 Å². The maximum atomic E-state index is 10.9. The van der Waals surface area contributed by atoms with Gasteiger partial charge in [-0.1, -0.05) is 12.1 Å². The number of ether oxygens (including phenoxy) is 1. The van der Waals surface area contributed by atoms with Crippen molar-refractivity contribution < 1.29 is 9.66 Å². The van der Waals surface area contributed by atoms with E-state index in [0.29, 0.717) is 12.0 Å². The van der Waals surface area contributed by atoms with Gasteiger partial charge in [-0.2, -0.15) is 4.98 Å². The second-order valence-electron chi connectivity index (χ2n) is 6.95. The lowest BCUT2D eigenvalue weighted by atomic mass is 9.99. The van der Waals surface area contributed by atoms with Crippen molar-refractivity contribution in [3.63, 3.8) is 0 Å². The minimum Gasteiger partial charge on any atom is -0.497 e. The first kappa shape index (κ1) is 17.5. The predicted octanol–water partition coefficient (Wildman–Crippen LogP) is 2.37. The van der Waals surface area contributed by atoms with Gasteiger partial charge in [0, 0.05) is 18.6 Å². The number of aromatic nitrogens is 2. The maximum absolute atomic E-state index is 10.9. The van der Waals surface area contributed by atoms with E-state index in [1.807, 2.05) is 12.1 Å². The standard InChI is InChI=1S/C18H22N6O3/c1-27-13-4-2-3-11(9-13)16-14(7-8-23(16)12-5-6-12)21-18-20-10-15(24(25)26)17(19)22-18/h2-4,9-10,12,14,16H,5-8H2,1H3,(H3,19,20,21,22). The summed E-state index contributed by atoms with van der Waals surface area (Å²) in [6.45, 7) is 0.979. The lowest BCUT2D eigenvalue weighted by molar-refractivity contribution is -0.384. The Hall–Kier alpha value is -2.94. The van der Waals surface area contributed by atoms with Gasteiger partial charge in [-0.15, -0.1) is 0 Å². The molecule has 9 heteroatoms. The number of benzene rings is 1. The van der Waals surface area contributed by atoms with Crippen molar-refractivity contribution in [2.45, 2.75) is 37.4 Å². The number of hydrogen-bond acceptors (Lipinski definition) is 8. The van der Waals surface area contributed by atoms with Crippen LogP contribution in [0.4, 0.5) is 17.5 Å². The normalized spacial score (nSPS) is 22.6. The van der Waals surface area contributed by atoms with E-state index in [4.69, 9.17) is 10.5 Å². The molecule has 142 valence electrons. The van der Waals surface area contributed by atoms with Crippen LogP contribution in [0.3, 0.4) is 0 Å². The van der Waals surface area contributed by atoms with Crippen molar-refractivity contribution in [1.29, 1.82) is 0 Å². The SMILES string of the molecule is COc1cccc(C2C(Nc3ncc([N+](=O)[O-])c(N)n3)CCN2C2CC2)c1. The first-order valence-corrected chi connectivity index (χ1v) is 9.00. The highest BCUT2D eigenvalue weighted by molar-refractivity contribution is 5.53. The fourth-order valence-corrected chi connectivity index (χ4v) is 3.80. The van der Waals surface area contributed by atoms with Gasteiger partial charge in [-0.25, -0.2) is 4.98 Å². The quantitative estimate of drug-likeness (QED) is 0.587. The third kappa shape index (κ3) is 3.50. The third-order valence-electron chi connectivity index (χ3n) is 5.20. The second-order valence-corrected chi connectivity index (χ2v) is 6.95. The zero-order valence-corrected chi connectivity index (χ0v) is 15.0. The fraction of sp³-hybridized carbons (Fsp3) is 0.444. The molecule has 2 heterocycles. The van der Waals surface area contributed by atoms with E-state index in [-0.39, 0.29) is 23.6 Å². The molecule has 1 aliphatic carbocycles. The summed E-state index contributed by atoms with van der Waals surface area (Å²) in [5, 5.41) is 14.2. The van der Waals surface area contributed by atoms with Crippen LogP contribution in [0.25, 0.3) is 0 Å². The first-order chi connectivity index (χ1) is 13.1. The molecule has 2 unspecified atom stereocenters. The van der Waals surface area contributed by atoms with Crippen LogP contribution in [0.5, 0.6) is 5.75 Å². The number of methoxy groups -OCH3 is 1. The minimum absolute atomic E-state index is 0.0820. The molecule has 3 N–H and O–H groups in total. The van der Waals surface area contributed by atoms with Gasteiger partial charge < -0.3 is 15.8 Å². The average molecular weight is 370 g/mol. The van der Waals surface area contributed by atoms with E-state index >= 15 is 0 Å². The third-order valence-corrected chi connectivity index (χ3v) is 5.20. The number of likely N-dealkylation sites (tertiary alicyclic amines) is 1. The topological polar surface area (TPSA) is 119 Å². The Bertz CT molecular complexity index is 857. The molecule has 1 saturated carbocycles. The molecule has 0 spiro atoms. The molecule has 2 atom stereocenters. The fourth-order valence-electron chi connectivity index (χ4n) is 3.80. The smallest absolute Gasteiger partial charge is 0.329 e. The summed E-state index contributed by atoms with van der Waals surface area (Å²) in [5.74, 6) is 1.01. The summed E-state index contributed by atoms with van der Waals surface area (Å²) < 4.78 is 5.39. The first-order valence-electron chi connectivity index (χ1n) is 9.00. The Morgan fingerprint density at radius 3 is 2.85 bits per heavy atom. The Labute approximate surface area is 156 Å². The molecule has 1 aromatic carbocycles. The molecule has 2 aromatic rings. The molecule has 27 heavy (non-hydrogen) atoms. The molecule has 1 saturated heterocycles. The molecule has 0 bridgehead atoms. The Balaban J connectivity index is 1.60. The molecular formula is C18H22N6O3. The summed E-state index contributed by atoms with van der Waals surface area (Å²) in [6.07, 6.45) is 4.51. The Morgan fingerprint density at radius 1 is 1.37 bits per heavy atom. The van der Waals surface area contributed by atoms with Crippen molar-refractivity contribution >= 4 is 17.5 Å². The number of nitrogens with zero attached hydrogens (tertiary/aromatic N) is 4. The van der Waals surface area contributed by atoms with E-state index in [2.05, 4.69) is 32.3 Å². The highest BCUT2D eigenvalue weighted by atomic mass is 16.6. The number of rotatable bonds is 6. The zero-order chi connectivity index (χ0) is 19.0. The van der Waals surface area contributed by atoms with Crippen molar-refractivity contribution in [3.05, 3.63) is 46.1 Å². The molecule has 1 aromatic heterocycles. The van der Waals surface area contributed by atoms with Crippen molar-refractivity contribution in [3.8, 4) is 5.75 Å². The van der Waals surface area contributed by atoms with Crippen LogP contribution in [0.1, 0.15) is 30.9 Å². The van der Waals surface area contributed by atoms with E-state index in [9.17, 15) is 10.1 Å². The number of anilines is 2. The molecule has 1 aliphatic heterocycles. The van der Waals surface area contributed by atoms with Crippen LogP contribution in [0, 0.1) is 10.1 Å². The lowest BCUT2D eigenvalue weighted by Crippen LogP contribution is -2.33. The lowest BCUT2D eigenvalue weighted by Gasteiger charge is -2.29. The zero-order valence-electron chi connectivity index (χ0n) is 15.0. The number of nitrogens with one attached hydrogen (secondary N) is 1. The number of hydrogen-bond donors (Lipinski definition) is 2. The molecule has 4 rings (SSSR count). The van der Waals surface area contributed by atoms with Gasteiger partial charge in [-0.3, -0.25) is 15.0 Å². The van der Waals surface area contributed by atoms with Gasteiger partial charge in [0.1, 0.15) is 11.9 Å². The molecule has 0 radical (unpaired) electrons. The highest BCUT2D eigenvalue weighted by Crippen LogP contribution is 2.42.